The van der Waals surface area contributed by atoms with E-state index in [0.29, 0.717) is 11.6 Å². The maximum atomic E-state index is 6.43. The van der Waals surface area contributed by atoms with Crippen LogP contribution in [0.4, 0.5) is 0 Å². The highest BCUT2D eigenvalue weighted by Gasteiger charge is 2.18. The van der Waals surface area contributed by atoms with Crippen molar-refractivity contribution in [2.45, 2.75) is 41.0 Å². The van der Waals surface area contributed by atoms with E-state index < -0.39 is 0 Å². The fourth-order valence-electron chi connectivity index (χ4n) is 4.75. The van der Waals surface area contributed by atoms with Crippen molar-refractivity contribution >= 4 is 22.1 Å². The highest BCUT2D eigenvalue weighted by molar-refractivity contribution is 6.10. The van der Waals surface area contributed by atoms with E-state index in [-0.39, 0.29) is 0 Å². The maximum absolute atomic E-state index is 6.43. The first-order valence-corrected chi connectivity index (χ1v) is 11.3. The Morgan fingerprint density at radius 3 is 2.34 bits per heavy atom. The fraction of sp³-hybridized carbons (Fsp3) is 0.241. The Labute approximate surface area is 189 Å². The fourth-order valence-corrected chi connectivity index (χ4v) is 4.75. The van der Waals surface area contributed by atoms with Crippen LogP contribution in [0.15, 0.2) is 65.2 Å². The van der Waals surface area contributed by atoms with E-state index in [4.69, 9.17) is 9.40 Å². The number of hydrogen-bond donors (Lipinski definition) is 0. The van der Waals surface area contributed by atoms with Crippen LogP contribution in [-0.4, -0.2) is 9.97 Å². The average Bonchev–Trinajstić information content (AvgIpc) is 3.12. The lowest BCUT2D eigenvalue weighted by Crippen LogP contribution is -1.95. The molecule has 3 nitrogen and oxygen atoms in total. The summed E-state index contributed by atoms with van der Waals surface area (Å²) in [6.07, 6.45) is 2.93. The number of pyridine rings is 2. The molecule has 160 valence electrons. The summed E-state index contributed by atoms with van der Waals surface area (Å²) >= 11 is 0. The van der Waals surface area contributed by atoms with Crippen LogP contribution in [0.5, 0.6) is 0 Å². The SMILES string of the molecule is Cc1cccc(C)c1-c1cc(C)c2c(n1)oc1c(-c3cc(CC(C)C)ccn3)cccc12. The van der Waals surface area contributed by atoms with Gasteiger partial charge in [-0.25, -0.2) is 4.98 Å². The van der Waals surface area contributed by atoms with Gasteiger partial charge in [-0.3, -0.25) is 4.98 Å². The number of fused-ring (bicyclic) bond motifs is 3. The summed E-state index contributed by atoms with van der Waals surface area (Å²) in [5.41, 5.74) is 10.5. The van der Waals surface area contributed by atoms with E-state index in [9.17, 15) is 0 Å². The zero-order chi connectivity index (χ0) is 22.4. The lowest BCUT2D eigenvalue weighted by atomic mass is 9.97. The topological polar surface area (TPSA) is 38.9 Å². The second-order valence-electron chi connectivity index (χ2n) is 9.20. The molecule has 5 aromatic rings. The predicted octanol–water partition coefficient (Wildman–Crippen LogP) is 7.83. The number of furan rings is 1. The molecule has 0 aliphatic rings. The van der Waals surface area contributed by atoms with Crippen molar-refractivity contribution in [2.24, 2.45) is 5.92 Å². The quantitative estimate of drug-likeness (QED) is 0.297. The van der Waals surface area contributed by atoms with Gasteiger partial charge in [-0.05, 0) is 79.6 Å². The van der Waals surface area contributed by atoms with Crippen molar-refractivity contribution < 1.29 is 4.42 Å². The Kier molecular flexibility index (Phi) is 5.05. The molecular weight excluding hydrogens is 392 g/mol. The minimum absolute atomic E-state index is 0.599. The van der Waals surface area contributed by atoms with Crippen molar-refractivity contribution in [2.75, 3.05) is 0 Å². The normalized spacial score (nSPS) is 11.7. The van der Waals surface area contributed by atoms with Crippen LogP contribution in [0.2, 0.25) is 0 Å². The Morgan fingerprint density at radius 1 is 0.844 bits per heavy atom. The lowest BCUT2D eigenvalue weighted by Gasteiger charge is -2.10. The standard InChI is InChI=1S/C29H28N2O/c1-17(2)14-21-12-13-30-24(16-21)22-10-7-11-23-27-20(5)15-25(31-29(27)32-28(22)23)26-18(3)8-6-9-19(26)4/h6-13,15-17H,14H2,1-5H3. The third-order valence-electron chi connectivity index (χ3n) is 6.15. The van der Waals surface area contributed by atoms with Gasteiger partial charge in [0.25, 0.3) is 0 Å². The molecule has 0 radical (unpaired) electrons. The Bertz CT molecular complexity index is 1440. The van der Waals surface area contributed by atoms with Crippen LogP contribution in [0.3, 0.4) is 0 Å². The second-order valence-corrected chi connectivity index (χ2v) is 9.20. The monoisotopic (exact) mass is 420 g/mol. The first-order chi connectivity index (χ1) is 15.4. The third kappa shape index (κ3) is 3.48. The zero-order valence-corrected chi connectivity index (χ0v) is 19.4. The van der Waals surface area contributed by atoms with Gasteiger partial charge >= 0.3 is 0 Å². The molecule has 0 aliphatic carbocycles. The summed E-state index contributed by atoms with van der Waals surface area (Å²) in [6, 6.07) is 19.1. The molecule has 32 heavy (non-hydrogen) atoms. The zero-order valence-electron chi connectivity index (χ0n) is 19.4. The Balaban J connectivity index is 1.72. The maximum Gasteiger partial charge on any atom is 0.228 e. The molecule has 3 heteroatoms. The van der Waals surface area contributed by atoms with Crippen LogP contribution in [0, 0.1) is 26.7 Å². The molecule has 0 bridgehead atoms. The largest absolute Gasteiger partial charge is 0.437 e. The highest BCUT2D eigenvalue weighted by Crippen LogP contribution is 2.38. The molecular formula is C29H28N2O. The minimum Gasteiger partial charge on any atom is -0.437 e. The summed E-state index contributed by atoms with van der Waals surface area (Å²) in [6.45, 7) is 10.9. The Hall–Kier alpha value is -3.46. The number of para-hydroxylation sites is 1. The van der Waals surface area contributed by atoms with Crippen LogP contribution in [-0.2, 0) is 6.42 Å². The van der Waals surface area contributed by atoms with Gasteiger partial charge in [-0.15, -0.1) is 0 Å². The van der Waals surface area contributed by atoms with E-state index in [2.05, 4.69) is 94.2 Å². The highest BCUT2D eigenvalue weighted by atomic mass is 16.3. The van der Waals surface area contributed by atoms with Crippen molar-refractivity contribution in [3.63, 3.8) is 0 Å². The number of nitrogens with zero attached hydrogens (tertiary/aromatic N) is 2. The predicted molar refractivity (Wildman–Crippen MR) is 133 cm³/mol. The van der Waals surface area contributed by atoms with Gasteiger partial charge in [0.05, 0.1) is 16.8 Å². The molecule has 0 spiro atoms. The average molecular weight is 421 g/mol. The molecule has 3 aromatic heterocycles. The van der Waals surface area contributed by atoms with Crippen molar-refractivity contribution in [1.82, 2.24) is 9.97 Å². The van der Waals surface area contributed by atoms with Gasteiger partial charge in [-0.2, -0.15) is 0 Å². The molecule has 2 aromatic carbocycles. The van der Waals surface area contributed by atoms with Crippen molar-refractivity contribution in [3.05, 3.63) is 83.0 Å². The number of hydrogen-bond acceptors (Lipinski definition) is 3. The van der Waals surface area contributed by atoms with E-state index in [0.717, 1.165) is 39.7 Å². The van der Waals surface area contributed by atoms with Crippen molar-refractivity contribution in [3.8, 4) is 22.5 Å². The second kappa shape index (κ2) is 7.90. The molecule has 0 unspecified atom stereocenters. The number of aromatic nitrogens is 2. The van der Waals surface area contributed by atoms with E-state index >= 15 is 0 Å². The summed E-state index contributed by atoms with van der Waals surface area (Å²) < 4.78 is 6.43. The summed E-state index contributed by atoms with van der Waals surface area (Å²) in [5.74, 6) is 0.599. The van der Waals surface area contributed by atoms with E-state index in [1.54, 1.807) is 0 Å². The van der Waals surface area contributed by atoms with Gasteiger partial charge < -0.3 is 4.42 Å². The minimum atomic E-state index is 0.599. The molecule has 0 atom stereocenters. The summed E-state index contributed by atoms with van der Waals surface area (Å²) in [5, 5.41) is 2.17. The van der Waals surface area contributed by atoms with E-state index in [1.807, 2.05) is 6.20 Å². The first kappa shape index (κ1) is 20.4. The number of aryl methyl sites for hydroxylation is 3. The van der Waals surface area contributed by atoms with Gasteiger partial charge in [-0.1, -0.05) is 44.2 Å². The molecule has 0 N–H and O–H groups in total. The van der Waals surface area contributed by atoms with Crippen LogP contribution >= 0.6 is 0 Å². The number of rotatable bonds is 4. The molecule has 3 heterocycles. The van der Waals surface area contributed by atoms with Gasteiger partial charge in [0.2, 0.25) is 5.71 Å². The summed E-state index contributed by atoms with van der Waals surface area (Å²) in [7, 11) is 0. The smallest absolute Gasteiger partial charge is 0.228 e. The Morgan fingerprint density at radius 2 is 1.59 bits per heavy atom. The summed E-state index contributed by atoms with van der Waals surface area (Å²) in [4.78, 5) is 9.64. The van der Waals surface area contributed by atoms with Crippen molar-refractivity contribution in [1.29, 1.82) is 0 Å². The van der Waals surface area contributed by atoms with Gasteiger partial charge in [0, 0.05) is 22.7 Å². The number of benzene rings is 2. The third-order valence-corrected chi connectivity index (χ3v) is 6.15. The van der Waals surface area contributed by atoms with E-state index in [1.165, 1.54) is 27.8 Å². The molecule has 5 rings (SSSR count). The molecule has 0 fully saturated rings. The molecule has 0 saturated heterocycles. The van der Waals surface area contributed by atoms with Gasteiger partial charge in [0.1, 0.15) is 5.58 Å². The van der Waals surface area contributed by atoms with Crippen LogP contribution < -0.4 is 0 Å². The van der Waals surface area contributed by atoms with Crippen LogP contribution in [0.25, 0.3) is 44.6 Å². The van der Waals surface area contributed by atoms with Crippen LogP contribution in [0.1, 0.15) is 36.1 Å². The van der Waals surface area contributed by atoms with Gasteiger partial charge in [0.15, 0.2) is 0 Å². The molecule has 0 amide bonds. The molecule has 0 aliphatic heterocycles. The molecule has 0 saturated carbocycles. The first-order valence-electron chi connectivity index (χ1n) is 11.3. The lowest BCUT2D eigenvalue weighted by molar-refractivity contribution is 0.646.